The summed E-state index contributed by atoms with van der Waals surface area (Å²) in [6.07, 6.45) is 0.990. The van der Waals surface area contributed by atoms with E-state index < -0.39 is 5.97 Å². The van der Waals surface area contributed by atoms with Crippen LogP contribution in [0.1, 0.15) is 30.6 Å². The van der Waals surface area contributed by atoms with Crippen LogP contribution in [0.5, 0.6) is 0 Å². The molecule has 2 atom stereocenters. The van der Waals surface area contributed by atoms with Gasteiger partial charge >= 0.3 is 12.0 Å². The number of anilines is 1. The van der Waals surface area contributed by atoms with E-state index in [1.54, 1.807) is 10.3 Å². The number of thiophene rings is 1. The van der Waals surface area contributed by atoms with E-state index in [1.807, 2.05) is 6.92 Å². The van der Waals surface area contributed by atoms with Crippen LogP contribution in [0.4, 0.5) is 9.80 Å². The van der Waals surface area contributed by atoms with Crippen molar-refractivity contribution in [2.24, 2.45) is 5.92 Å². The van der Waals surface area contributed by atoms with Crippen LogP contribution < -0.4 is 5.32 Å². The summed E-state index contributed by atoms with van der Waals surface area (Å²) in [5.41, 5.74) is 0.147. The van der Waals surface area contributed by atoms with E-state index >= 15 is 0 Å². The number of amides is 2. The molecule has 98 valence electrons. The lowest BCUT2D eigenvalue weighted by atomic mass is 10.1. The minimum atomic E-state index is -1.02. The van der Waals surface area contributed by atoms with Crippen LogP contribution in [-0.4, -0.2) is 34.6 Å². The largest absolute Gasteiger partial charge is 0.478 e. The Morgan fingerprint density at radius 1 is 1.50 bits per heavy atom. The molecule has 0 radical (unpaired) electrons. The summed E-state index contributed by atoms with van der Waals surface area (Å²) in [4.78, 5) is 24.8. The molecular weight excluding hydrogens is 252 g/mol. The molecule has 0 bridgehead atoms. The van der Waals surface area contributed by atoms with Gasteiger partial charge in [-0.25, -0.2) is 9.59 Å². The molecule has 0 saturated carbocycles. The van der Waals surface area contributed by atoms with E-state index in [0.29, 0.717) is 10.9 Å². The lowest BCUT2D eigenvalue weighted by molar-refractivity contribution is 0.0698. The fourth-order valence-electron chi connectivity index (χ4n) is 2.33. The summed E-state index contributed by atoms with van der Waals surface area (Å²) < 4.78 is 0. The summed E-state index contributed by atoms with van der Waals surface area (Å²) in [5.74, 6) is -0.526. The molecule has 18 heavy (non-hydrogen) atoms. The first-order valence-corrected chi connectivity index (χ1v) is 6.75. The third-order valence-electron chi connectivity index (χ3n) is 3.16. The molecule has 1 aromatic heterocycles. The Hall–Kier alpha value is -1.56. The van der Waals surface area contributed by atoms with Gasteiger partial charge in [0.25, 0.3) is 0 Å². The molecule has 0 aliphatic carbocycles. The SMILES string of the molecule is CC1CC(C)N(C(=O)Nc2sccc2C(=O)O)C1. The Morgan fingerprint density at radius 3 is 2.78 bits per heavy atom. The van der Waals surface area contributed by atoms with Crippen molar-refractivity contribution in [3.8, 4) is 0 Å². The van der Waals surface area contributed by atoms with Crippen molar-refractivity contribution < 1.29 is 14.7 Å². The number of hydrogen-bond acceptors (Lipinski definition) is 3. The Bertz CT molecular complexity index is 472. The Morgan fingerprint density at radius 2 is 2.22 bits per heavy atom. The number of nitrogens with one attached hydrogen (secondary N) is 1. The van der Waals surface area contributed by atoms with Gasteiger partial charge in [0.05, 0.1) is 5.56 Å². The number of carboxylic acid groups (broad SMARTS) is 1. The van der Waals surface area contributed by atoms with Crippen molar-refractivity contribution >= 4 is 28.3 Å². The highest BCUT2D eigenvalue weighted by atomic mass is 32.1. The number of nitrogens with zero attached hydrogens (tertiary/aromatic N) is 1. The zero-order valence-electron chi connectivity index (χ0n) is 10.3. The summed E-state index contributed by atoms with van der Waals surface area (Å²) in [5, 5.41) is 13.7. The van der Waals surface area contributed by atoms with Crippen molar-refractivity contribution in [1.82, 2.24) is 4.90 Å². The molecular formula is C12H16N2O3S. The average molecular weight is 268 g/mol. The molecule has 1 aliphatic heterocycles. The highest BCUT2D eigenvalue weighted by Gasteiger charge is 2.30. The molecule has 1 aromatic rings. The van der Waals surface area contributed by atoms with Crippen molar-refractivity contribution in [1.29, 1.82) is 0 Å². The van der Waals surface area contributed by atoms with Crippen LogP contribution in [0, 0.1) is 5.92 Å². The second kappa shape index (κ2) is 4.97. The van der Waals surface area contributed by atoms with Gasteiger partial charge < -0.3 is 10.0 Å². The summed E-state index contributed by atoms with van der Waals surface area (Å²) >= 11 is 1.23. The van der Waals surface area contributed by atoms with Crippen molar-refractivity contribution in [3.05, 3.63) is 17.0 Å². The molecule has 0 spiro atoms. The first-order chi connectivity index (χ1) is 8.49. The third-order valence-corrected chi connectivity index (χ3v) is 3.99. The number of carboxylic acids is 1. The predicted molar refractivity (Wildman–Crippen MR) is 70.2 cm³/mol. The van der Waals surface area contributed by atoms with Gasteiger partial charge in [-0.1, -0.05) is 6.92 Å². The Labute approximate surface area is 109 Å². The van der Waals surface area contributed by atoms with E-state index in [0.717, 1.165) is 13.0 Å². The number of carbonyl (C=O) groups is 2. The molecule has 2 rings (SSSR count). The van der Waals surface area contributed by atoms with Crippen LogP contribution in [0.3, 0.4) is 0 Å². The van der Waals surface area contributed by atoms with Gasteiger partial charge in [-0.05, 0) is 30.7 Å². The zero-order valence-corrected chi connectivity index (χ0v) is 11.2. The molecule has 6 heteroatoms. The van der Waals surface area contributed by atoms with Gasteiger partial charge in [0.1, 0.15) is 5.00 Å². The molecule has 2 unspecified atom stereocenters. The number of rotatable bonds is 2. The topological polar surface area (TPSA) is 69.6 Å². The zero-order chi connectivity index (χ0) is 13.3. The van der Waals surface area contributed by atoms with Crippen molar-refractivity contribution in [2.75, 3.05) is 11.9 Å². The number of aromatic carboxylic acids is 1. The maximum atomic E-state index is 12.1. The summed E-state index contributed by atoms with van der Waals surface area (Å²) in [7, 11) is 0. The normalized spacial score (nSPS) is 23.1. The molecule has 2 amide bonds. The summed E-state index contributed by atoms with van der Waals surface area (Å²) in [6.45, 7) is 4.84. The second-order valence-electron chi connectivity index (χ2n) is 4.74. The van der Waals surface area contributed by atoms with E-state index in [1.165, 1.54) is 17.4 Å². The molecule has 2 N–H and O–H groups in total. The van der Waals surface area contributed by atoms with Gasteiger partial charge in [-0.3, -0.25) is 5.32 Å². The minimum Gasteiger partial charge on any atom is -0.478 e. The molecule has 1 fully saturated rings. The monoisotopic (exact) mass is 268 g/mol. The van der Waals surface area contributed by atoms with Crippen LogP contribution in [0.25, 0.3) is 0 Å². The highest BCUT2D eigenvalue weighted by molar-refractivity contribution is 7.14. The van der Waals surface area contributed by atoms with Crippen molar-refractivity contribution in [3.63, 3.8) is 0 Å². The lowest BCUT2D eigenvalue weighted by Crippen LogP contribution is -2.37. The molecule has 2 heterocycles. The Kier molecular flexibility index (Phi) is 3.56. The van der Waals surface area contributed by atoms with Crippen LogP contribution in [0.15, 0.2) is 11.4 Å². The first kappa shape index (κ1) is 12.9. The van der Waals surface area contributed by atoms with Gasteiger partial charge in [-0.2, -0.15) is 0 Å². The van der Waals surface area contributed by atoms with Gasteiger partial charge in [0.15, 0.2) is 0 Å². The van der Waals surface area contributed by atoms with E-state index in [4.69, 9.17) is 5.11 Å². The molecule has 0 aromatic carbocycles. The highest BCUT2D eigenvalue weighted by Crippen LogP contribution is 2.26. The van der Waals surface area contributed by atoms with E-state index in [-0.39, 0.29) is 17.6 Å². The number of hydrogen-bond donors (Lipinski definition) is 2. The molecule has 5 nitrogen and oxygen atoms in total. The van der Waals surface area contributed by atoms with Crippen LogP contribution in [0.2, 0.25) is 0 Å². The maximum absolute atomic E-state index is 12.1. The maximum Gasteiger partial charge on any atom is 0.338 e. The van der Waals surface area contributed by atoms with Gasteiger partial charge in [0, 0.05) is 12.6 Å². The predicted octanol–water partition coefficient (Wildman–Crippen LogP) is 2.71. The molecule has 1 saturated heterocycles. The van der Waals surface area contributed by atoms with Gasteiger partial charge in [0.2, 0.25) is 0 Å². The standard InChI is InChI=1S/C12H16N2O3S/c1-7-5-8(2)14(6-7)12(17)13-10-9(11(15)16)3-4-18-10/h3-4,7-8H,5-6H2,1-2H3,(H,13,17)(H,15,16). The lowest BCUT2D eigenvalue weighted by Gasteiger charge is -2.21. The van der Waals surface area contributed by atoms with Crippen molar-refractivity contribution in [2.45, 2.75) is 26.3 Å². The van der Waals surface area contributed by atoms with Crippen LogP contribution in [-0.2, 0) is 0 Å². The van der Waals surface area contributed by atoms with E-state index in [9.17, 15) is 9.59 Å². The summed E-state index contributed by atoms with van der Waals surface area (Å²) in [6, 6.07) is 1.49. The number of carbonyl (C=O) groups excluding carboxylic acids is 1. The Balaban J connectivity index is 2.07. The number of likely N-dealkylation sites (tertiary alicyclic amines) is 1. The molecule has 1 aliphatic rings. The fourth-order valence-corrected chi connectivity index (χ4v) is 3.10. The third kappa shape index (κ3) is 2.48. The fraction of sp³-hybridized carbons (Fsp3) is 0.500. The van der Waals surface area contributed by atoms with E-state index in [2.05, 4.69) is 12.2 Å². The first-order valence-electron chi connectivity index (χ1n) is 5.87. The quantitative estimate of drug-likeness (QED) is 0.866. The van der Waals surface area contributed by atoms with Gasteiger partial charge in [-0.15, -0.1) is 11.3 Å². The second-order valence-corrected chi connectivity index (χ2v) is 5.66. The average Bonchev–Trinajstić information content (AvgIpc) is 2.85. The number of urea groups is 1. The van der Waals surface area contributed by atoms with Crippen LogP contribution >= 0.6 is 11.3 Å². The minimum absolute atomic E-state index is 0.147. The smallest absolute Gasteiger partial charge is 0.338 e.